The topological polar surface area (TPSA) is 47.6 Å². The fourth-order valence-electron chi connectivity index (χ4n) is 3.56. The maximum Gasteiger partial charge on any atom is 0.305 e. The van der Waals surface area contributed by atoms with Crippen molar-refractivity contribution in [2.75, 3.05) is 19.8 Å². The largest absolute Gasteiger partial charge is 0.466 e. The van der Waals surface area contributed by atoms with Gasteiger partial charge in [0.15, 0.2) is 0 Å². The number of fused-ring (bicyclic) bond motifs is 2. The number of carbonyl (C=O) groups is 1. The summed E-state index contributed by atoms with van der Waals surface area (Å²) in [6.45, 7) is 4.12. The van der Waals surface area contributed by atoms with Gasteiger partial charge in [-0.15, -0.1) is 0 Å². The Balaban J connectivity index is 1.62. The number of aryl methyl sites for hydroxylation is 1. The van der Waals surface area contributed by atoms with Gasteiger partial charge in [0.2, 0.25) is 0 Å². The van der Waals surface area contributed by atoms with Crippen LogP contribution >= 0.6 is 23.2 Å². The Hall–Kier alpha value is -0.810. The summed E-state index contributed by atoms with van der Waals surface area (Å²) in [5.41, 5.74) is 1.76. The van der Waals surface area contributed by atoms with Crippen LogP contribution in [0.15, 0.2) is 12.1 Å². The zero-order chi connectivity index (χ0) is 17.9. The van der Waals surface area contributed by atoms with Gasteiger partial charge in [-0.2, -0.15) is 0 Å². The van der Waals surface area contributed by atoms with Crippen LogP contribution in [0.1, 0.15) is 50.2 Å². The van der Waals surface area contributed by atoms with Crippen molar-refractivity contribution < 1.29 is 14.3 Å². The number of unbranched alkanes of at least 4 members (excludes halogenated alkanes) is 1. The maximum absolute atomic E-state index is 11.7. The van der Waals surface area contributed by atoms with E-state index in [0.717, 1.165) is 43.5 Å². The third kappa shape index (κ3) is 4.30. The number of carbonyl (C=O) groups excluding carboxylic acids is 1. The van der Waals surface area contributed by atoms with E-state index in [1.54, 1.807) is 0 Å². The molecule has 1 aromatic carbocycles. The number of nitrogens with one attached hydrogen (secondary N) is 1. The molecule has 0 radical (unpaired) electrons. The van der Waals surface area contributed by atoms with Crippen LogP contribution in [0, 0.1) is 0 Å². The molecule has 6 heteroatoms. The second-order valence-electron chi connectivity index (χ2n) is 6.95. The highest BCUT2D eigenvalue weighted by molar-refractivity contribution is 6.42. The van der Waals surface area contributed by atoms with Crippen molar-refractivity contribution in [3.63, 3.8) is 0 Å². The van der Waals surface area contributed by atoms with Gasteiger partial charge in [-0.25, -0.2) is 0 Å². The van der Waals surface area contributed by atoms with E-state index in [1.165, 1.54) is 0 Å². The minimum Gasteiger partial charge on any atom is -0.466 e. The SMILES string of the molecule is CCCCOC(=O)CCCc1cc(C23CNC(CO2)C3)cc(Cl)c1Cl. The minimum absolute atomic E-state index is 0.146. The molecule has 2 aliphatic rings. The van der Waals surface area contributed by atoms with Gasteiger partial charge in [0, 0.05) is 19.0 Å². The molecule has 2 aliphatic heterocycles. The van der Waals surface area contributed by atoms with Crippen LogP contribution in [-0.2, 0) is 26.3 Å². The summed E-state index contributed by atoms with van der Waals surface area (Å²) in [6.07, 6.45) is 4.68. The molecule has 1 aromatic rings. The Morgan fingerprint density at radius 1 is 1.40 bits per heavy atom. The molecular formula is C19H25Cl2NO3. The molecule has 3 rings (SSSR count). The predicted octanol–water partition coefficient (Wildman–Crippen LogP) is 4.25. The van der Waals surface area contributed by atoms with Gasteiger partial charge >= 0.3 is 5.97 Å². The average Bonchev–Trinajstić information content (AvgIpc) is 3.21. The van der Waals surface area contributed by atoms with Gasteiger partial charge in [0.05, 0.1) is 23.3 Å². The Kier molecular flexibility index (Phi) is 6.26. The van der Waals surface area contributed by atoms with Gasteiger partial charge in [0.25, 0.3) is 0 Å². The molecule has 2 heterocycles. The third-order valence-electron chi connectivity index (χ3n) is 5.03. The predicted molar refractivity (Wildman–Crippen MR) is 99.3 cm³/mol. The lowest BCUT2D eigenvalue weighted by molar-refractivity contribution is -0.143. The lowest BCUT2D eigenvalue weighted by atomic mass is 9.90. The van der Waals surface area contributed by atoms with Crippen molar-refractivity contribution in [3.8, 4) is 0 Å². The van der Waals surface area contributed by atoms with Gasteiger partial charge in [0.1, 0.15) is 5.60 Å². The van der Waals surface area contributed by atoms with E-state index in [0.29, 0.717) is 42.0 Å². The number of ether oxygens (including phenoxy) is 2. The molecule has 0 amide bonds. The zero-order valence-corrected chi connectivity index (χ0v) is 16.1. The molecule has 0 aromatic heterocycles. The Morgan fingerprint density at radius 2 is 2.24 bits per heavy atom. The third-order valence-corrected chi connectivity index (χ3v) is 5.87. The van der Waals surface area contributed by atoms with E-state index >= 15 is 0 Å². The fraction of sp³-hybridized carbons (Fsp3) is 0.632. The molecular weight excluding hydrogens is 361 g/mol. The average molecular weight is 386 g/mol. The van der Waals surface area contributed by atoms with Crippen molar-refractivity contribution in [1.29, 1.82) is 0 Å². The van der Waals surface area contributed by atoms with Crippen LogP contribution in [0.4, 0.5) is 0 Å². The fourth-order valence-corrected chi connectivity index (χ4v) is 4.00. The van der Waals surface area contributed by atoms with Gasteiger partial charge in [-0.1, -0.05) is 42.6 Å². The van der Waals surface area contributed by atoms with E-state index in [-0.39, 0.29) is 11.6 Å². The molecule has 0 saturated carbocycles. The first-order valence-corrected chi connectivity index (χ1v) is 9.81. The van der Waals surface area contributed by atoms with Crippen LogP contribution in [0.5, 0.6) is 0 Å². The lowest BCUT2D eigenvalue weighted by Gasteiger charge is -2.28. The highest BCUT2D eigenvalue weighted by Crippen LogP contribution is 2.43. The molecule has 2 unspecified atom stereocenters. The molecule has 1 N–H and O–H groups in total. The first kappa shape index (κ1) is 19.0. The maximum atomic E-state index is 11.7. The quantitative estimate of drug-likeness (QED) is 0.536. The smallest absolute Gasteiger partial charge is 0.305 e. The van der Waals surface area contributed by atoms with Crippen LogP contribution in [-0.4, -0.2) is 31.8 Å². The number of halogens is 2. The van der Waals surface area contributed by atoms with Crippen LogP contribution in [0.2, 0.25) is 10.0 Å². The molecule has 0 aliphatic carbocycles. The van der Waals surface area contributed by atoms with Crippen LogP contribution in [0.3, 0.4) is 0 Å². The molecule has 2 fully saturated rings. The number of hydrogen-bond acceptors (Lipinski definition) is 4. The highest BCUT2D eigenvalue weighted by atomic mass is 35.5. The lowest BCUT2D eigenvalue weighted by Crippen LogP contribution is -2.37. The van der Waals surface area contributed by atoms with Crippen LogP contribution in [0.25, 0.3) is 0 Å². The first-order chi connectivity index (χ1) is 12.0. The normalized spacial score (nSPS) is 24.7. The molecule has 4 nitrogen and oxygen atoms in total. The summed E-state index contributed by atoms with van der Waals surface area (Å²) in [5.74, 6) is -0.146. The Morgan fingerprint density at radius 3 is 2.88 bits per heavy atom. The second kappa shape index (κ2) is 8.26. The summed E-state index contributed by atoms with van der Waals surface area (Å²) in [7, 11) is 0. The molecule has 2 saturated heterocycles. The van der Waals surface area contributed by atoms with E-state index in [4.69, 9.17) is 32.7 Å². The zero-order valence-electron chi connectivity index (χ0n) is 14.6. The van der Waals surface area contributed by atoms with E-state index < -0.39 is 0 Å². The van der Waals surface area contributed by atoms with Crippen molar-refractivity contribution in [2.45, 2.75) is 57.1 Å². The monoisotopic (exact) mass is 385 g/mol. The number of morpholine rings is 1. The van der Waals surface area contributed by atoms with Crippen molar-refractivity contribution >= 4 is 29.2 Å². The molecule has 25 heavy (non-hydrogen) atoms. The summed E-state index contributed by atoms with van der Waals surface area (Å²) < 4.78 is 11.2. The Labute approximate surface area is 159 Å². The number of esters is 1. The van der Waals surface area contributed by atoms with E-state index in [9.17, 15) is 4.79 Å². The number of hydrogen-bond donors (Lipinski definition) is 1. The number of rotatable bonds is 8. The molecule has 2 bridgehead atoms. The molecule has 138 valence electrons. The number of benzene rings is 1. The highest BCUT2D eigenvalue weighted by Gasteiger charge is 2.47. The van der Waals surface area contributed by atoms with Gasteiger partial charge in [-0.3, -0.25) is 4.79 Å². The molecule has 2 atom stereocenters. The Bertz CT molecular complexity index is 627. The molecule has 0 spiro atoms. The van der Waals surface area contributed by atoms with Crippen LogP contribution < -0.4 is 5.32 Å². The van der Waals surface area contributed by atoms with Crippen molar-refractivity contribution in [3.05, 3.63) is 33.3 Å². The van der Waals surface area contributed by atoms with Gasteiger partial charge < -0.3 is 14.8 Å². The second-order valence-corrected chi connectivity index (χ2v) is 7.73. The minimum atomic E-state index is -0.285. The van der Waals surface area contributed by atoms with Crippen molar-refractivity contribution in [2.24, 2.45) is 0 Å². The first-order valence-electron chi connectivity index (χ1n) is 9.05. The van der Waals surface area contributed by atoms with E-state index in [1.807, 2.05) is 6.07 Å². The summed E-state index contributed by atoms with van der Waals surface area (Å²) >= 11 is 12.7. The summed E-state index contributed by atoms with van der Waals surface area (Å²) in [5, 5.41) is 4.59. The van der Waals surface area contributed by atoms with Gasteiger partial charge in [-0.05, 0) is 42.9 Å². The van der Waals surface area contributed by atoms with Crippen molar-refractivity contribution in [1.82, 2.24) is 5.32 Å². The summed E-state index contributed by atoms with van der Waals surface area (Å²) in [4.78, 5) is 11.7. The standard InChI is InChI=1S/C19H25Cl2NO3/c1-2-3-7-24-17(23)6-4-5-13-8-14(9-16(20)18(13)21)19-10-15(11-25-19)22-12-19/h8-9,15,22H,2-7,10-12H2,1H3. The summed E-state index contributed by atoms with van der Waals surface area (Å²) in [6, 6.07) is 4.43. The van der Waals surface area contributed by atoms with E-state index in [2.05, 4.69) is 18.3 Å².